The fourth-order valence-corrected chi connectivity index (χ4v) is 1.04. The van der Waals surface area contributed by atoms with E-state index in [0.717, 1.165) is 17.3 Å². The van der Waals surface area contributed by atoms with Gasteiger partial charge in [-0.3, -0.25) is 4.98 Å². The van der Waals surface area contributed by atoms with Crippen molar-refractivity contribution in [3.8, 4) is 11.5 Å². The average molecular weight is 176 g/mol. The monoisotopic (exact) mass is 176 g/mol. The molecule has 0 unspecified atom stereocenters. The molecule has 2 aromatic rings. The molecule has 66 valence electrons. The second-order valence-electron chi connectivity index (χ2n) is 2.77. The zero-order chi connectivity index (χ0) is 9.26. The SMILES string of the molecule is Cc1nc(-c2cnccn2)[nH][n+]1C. The van der Waals surface area contributed by atoms with Crippen LogP contribution in [0.5, 0.6) is 0 Å². The topological polar surface area (TPSA) is 58.3 Å². The van der Waals surface area contributed by atoms with Crippen LogP contribution in [0.1, 0.15) is 5.82 Å². The fourth-order valence-electron chi connectivity index (χ4n) is 1.04. The molecule has 0 aliphatic rings. The van der Waals surface area contributed by atoms with E-state index in [-0.39, 0.29) is 0 Å². The molecule has 0 saturated heterocycles. The van der Waals surface area contributed by atoms with Crippen molar-refractivity contribution in [3.63, 3.8) is 0 Å². The van der Waals surface area contributed by atoms with Crippen LogP contribution in [0.25, 0.3) is 11.5 Å². The number of hydrogen-bond donors (Lipinski definition) is 1. The summed E-state index contributed by atoms with van der Waals surface area (Å²) in [4.78, 5) is 12.4. The van der Waals surface area contributed by atoms with Crippen LogP contribution < -0.4 is 4.68 Å². The average Bonchev–Trinajstić information content (AvgIpc) is 2.49. The van der Waals surface area contributed by atoms with Crippen LogP contribution >= 0.6 is 0 Å². The molecule has 0 saturated carbocycles. The Morgan fingerprint density at radius 1 is 1.38 bits per heavy atom. The van der Waals surface area contributed by atoms with E-state index in [1.807, 2.05) is 18.7 Å². The van der Waals surface area contributed by atoms with Gasteiger partial charge in [0.25, 0.3) is 0 Å². The van der Waals surface area contributed by atoms with Gasteiger partial charge >= 0.3 is 11.6 Å². The molecule has 2 heterocycles. The van der Waals surface area contributed by atoms with Crippen LogP contribution in [-0.2, 0) is 7.05 Å². The second kappa shape index (κ2) is 2.93. The van der Waals surface area contributed by atoms with Crippen molar-refractivity contribution in [3.05, 3.63) is 24.4 Å². The highest BCUT2D eigenvalue weighted by Gasteiger charge is 2.14. The molecular weight excluding hydrogens is 166 g/mol. The van der Waals surface area contributed by atoms with Gasteiger partial charge in [0, 0.05) is 19.3 Å². The zero-order valence-corrected chi connectivity index (χ0v) is 7.52. The maximum absolute atomic E-state index is 4.29. The van der Waals surface area contributed by atoms with Gasteiger partial charge in [-0.2, -0.15) is 9.78 Å². The Hall–Kier alpha value is -1.78. The quantitative estimate of drug-likeness (QED) is 0.622. The highest BCUT2D eigenvalue weighted by Crippen LogP contribution is 2.06. The molecule has 0 atom stereocenters. The van der Waals surface area contributed by atoms with Crippen molar-refractivity contribution >= 4 is 0 Å². The Morgan fingerprint density at radius 3 is 2.77 bits per heavy atom. The lowest BCUT2D eigenvalue weighted by Gasteiger charge is -1.86. The molecule has 0 aliphatic heterocycles. The molecular formula is C8H10N5+. The second-order valence-corrected chi connectivity index (χ2v) is 2.77. The number of aromatic nitrogens is 5. The molecule has 0 amide bonds. The normalized spacial score (nSPS) is 10.3. The van der Waals surface area contributed by atoms with E-state index in [1.165, 1.54) is 0 Å². The van der Waals surface area contributed by atoms with Gasteiger partial charge in [-0.05, 0) is 4.98 Å². The zero-order valence-electron chi connectivity index (χ0n) is 7.52. The maximum atomic E-state index is 4.29. The summed E-state index contributed by atoms with van der Waals surface area (Å²) in [5.41, 5.74) is 0.756. The number of nitrogens with one attached hydrogen (secondary N) is 1. The van der Waals surface area contributed by atoms with Crippen molar-refractivity contribution in [1.82, 2.24) is 20.1 Å². The molecule has 0 spiro atoms. The Bertz CT molecular complexity index is 386. The molecule has 2 rings (SSSR count). The van der Waals surface area contributed by atoms with E-state index in [4.69, 9.17) is 0 Å². The Morgan fingerprint density at radius 2 is 2.23 bits per heavy atom. The summed E-state index contributed by atoms with van der Waals surface area (Å²) in [7, 11) is 1.90. The first-order valence-electron chi connectivity index (χ1n) is 3.96. The van der Waals surface area contributed by atoms with E-state index >= 15 is 0 Å². The summed E-state index contributed by atoms with van der Waals surface area (Å²) >= 11 is 0. The van der Waals surface area contributed by atoms with Crippen LogP contribution in [0.3, 0.4) is 0 Å². The van der Waals surface area contributed by atoms with Gasteiger partial charge in [0.05, 0.1) is 6.20 Å². The maximum Gasteiger partial charge on any atom is 0.316 e. The van der Waals surface area contributed by atoms with Gasteiger partial charge in [0.15, 0.2) is 5.69 Å². The predicted octanol–water partition coefficient (Wildman–Crippen LogP) is -0.000380. The summed E-state index contributed by atoms with van der Waals surface area (Å²) in [6.07, 6.45) is 4.96. The van der Waals surface area contributed by atoms with Gasteiger partial charge < -0.3 is 0 Å². The summed E-state index contributed by atoms with van der Waals surface area (Å²) in [6, 6.07) is 0. The van der Waals surface area contributed by atoms with E-state index in [9.17, 15) is 0 Å². The highest BCUT2D eigenvalue weighted by molar-refractivity contribution is 5.44. The van der Waals surface area contributed by atoms with Crippen LogP contribution in [0, 0.1) is 6.92 Å². The van der Waals surface area contributed by atoms with Crippen LogP contribution in [0.4, 0.5) is 0 Å². The molecule has 0 radical (unpaired) electrons. The summed E-state index contributed by atoms with van der Waals surface area (Å²) < 4.78 is 1.84. The standard InChI is InChI=1S/C8H9N5/c1-6-11-8(12-13(6)2)7-5-9-3-4-10-7/h3-5H,1-2H3/p+1. The van der Waals surface area contributed by atoms with E-state index in [2.05, 4.69) is 20.1 Å². The number of rotatable bonds is 1. The molecule has 13 heavy (non-hydrogen) atoms. The largest absolute Gasteiger partial charge is 0.316 e. The van der Waals surface area contributed by atoms with Gasteiger partial charge in [0.1, 0.15) is 7.05 Å². The first kappa shape index (κ1) is 7.85. The van der Waals surface area contributed by atoms with Crippen LogP contribution in [0.15, 0.2) is 18.6 Å². The lowest BCUT2D eigenvalue weighted by atomic mass is 10.4. The number of aromatic amines is 1. The van der Waals surface area contributed by atoms with E-state index < -0.39 is 0 Å². The third-order valence-corrected chi connectivity index (χ3v) is 1.84. The number of H-pyrrole nitrogens is 1. The molecule has 0 aromatic carbocycles. The molecule has 0 fully saturated rings. The third-order valence-electron chi connectivity index (χ3n) is 1.84. The van der Waals surface area contributed by atoms with Crippen LogP contribution in [0.2, 0.25) is 0 Å². The Balaban J connectivity index is 2.48. The van der Waals surface area contributed by atoms with Gasteiger partial charge in [-0.25, -0.2) is 4.98 Å². The minimum Gasteiger partial charge on any atom is -0.261 e. The third kappa shape index (κ3) is 1.40. The predicted molar refractivity (Wildman–Crippen MR) is 45.5 cm³/mol. The Labute approximate surface area is 75.5 Å². The first-order valence-corrected chi connectivity index (χ1v) is 3.96. The Kier molecular flexibility index (Phi) is 1.77. The molecule has 2 aromatic heterocycles. The van der Waals surface area contributed by atoms with Gasteiger partial charge in [0.2, 0.25) is 0 Å². The van der Waals surface area contributed by atoms with Crippen molar-refractivity contribution in [1.29, 1.82) is 0 Å². The molecule has 0 aliphatic carbocycles. The van der Waals surface area contributed by atoms with E-state index in [1.54, 1.807) is 18.6 Å². The highest BCUT2D eigenvalue weighted by atomic mass is 15.3. The molecule has 5 nitrogen and oxygen atoms in total. The first-order chi connectivity index (χ1) is 6.27. The van der Waals surface area contributed by atoms with Crippen molar-refractivity contribution in [2.45, 2.75) is 6.92 Å². The fraction of sp³-hybridized carbons (Fsp3) is 0.250. The van der Waals surface area contributed by atoms with Crippen molar-refractivity contribution in [2.24, 2.45) is 7.05 Å². The minimum atomic E-state index is 0.744. The summed E-state index contributed by atoms with van der Waals surface area (Å²) in [5.74, 6) is 1.66. The van der Waals surface area contributed by atoms with Gasteiger partial charge in [-0.1, -0.05) is 0 Å². The molecule has 1 N–H and O–H groups in total. The van der Waals surface area contributed by atoms with Crippen molar-refractivity contribution in [2.75, 3.05) is 0 Å². The number of aryl methyl sites for hydroxylation is 2. The van der Waals surface area contributed by atoms with Crippen molar-refractivity contribution < 1.29 is 4.68 Å². The van der Waals surface area contributed by atoms with E-state index in [0.29, 0.717) is 0 Å². The lowest BCUT2D eigenvalue weighted by Crippen LogP contribution is -2.32. The number of hydrogen-bond acceptors (Lipinski definition) is 3. The molecule has 5 heteroatoms. The number of nitrogens with zero attached hydrogens (tertiary/aromatic N) is 4. The minimum absolute atomic E-state index is 0.744. The summed E-state index contributed by atoms with van der Waals surface area (Å²) in [5, 5.41) is 3.06. The van der Waals surface area contributed by atoms with Crippen LogP contribution in [-0.4, -0.2) is 20.1 Å². The molecule has 0 bridgehead atoms. The van der Waals surface area contributed by atoms with Gasteiger partial charge in [-0.15, -0.1) is 0 Å². The smallest absolute Gasteiger partial charge is 0.261 e. The summed E-state index contributed by atoms with van der Waals surface area (Å²) in [6.45, 7) is 1.93. The lowest BCUT2D eigenvalue weighted by molar-refractivity contribution is -0.733.